The number of nitrogens with zero attached hydrogens (tertiary/aromatic N) is 2. The van der Waals surface area contributed by atoms with Gasteiger partial charge in [-0.2, -0.15) is 5.26 Å². The molecule has 1 aliphatic carbocycles. The molecule has 0 spiro atoms. The number of benzene rings is 1. The molecule has 1 fully saturated rings. The molecule has 0 saturated heterocycles. The molecule has 0 N–H and O–H groups in total. The maximum Gasteiger partial charge on any atom is 0.0748 e. The fourth-order valence-corrected chi connectivity index (χ4v) is 3.50. The Kier molecular flexibility index (Phi) is 2.99. The standard InChI is InChI=1S/C16H20N2/c17-12-16(9-3-4-10-16)13-18-11-5-7-14-6-1-2-8-15(14)18/h1-2,6,8H,3-5,7,9-11,13H2. The van der Waals surface area contributed by atoms with Gasteiger partial charge in [-0.3, -0.25) is 0 Å². The van der Waals surface area contributed by atoms with Crippen LogP contribution in [0.2, 0.25) is 0 Å². The molecule has 1 heterocycles. The Balaban J connectivity index is 1.84. The second-order valence-electron chi connectivity index (χ2n) is 5.75. The van der Waals surface area contributed by atoms with Crippen molar-refractivity contribution in [3.8, 4) is 6.07 Å². The SMILES string of the molecule is N#CC1(CN2CCCc3ccccc32)CCCC1. The van der Waals surface area contributed by atoms with Gasteiger partial charge >= 0.3 is 0 Å². The van der Waals surface area contributed by atoms with Crippen molar-refractivity contribution in [2.75, 3.05) is 18.0 Å². The van der Waals surface area contributed by atoms with Crippen LogP contribution in [-0.4, -0.2) is 13.1 Å². The average molecular weight is 240 g/mol. The molecule has 18 heavy (non-hydrogen) atoms. The quantitative estimate of drug-likeness (QED) is 0.790. The Morgan fingerprint density at radius 3 is 2.72 bits per heavy atom. The first-order chi connectivity index (χ1) is 8.83. The van der Waals surface area contributed by atoms with E-state index in [0.29, 0.717) is 0 Å². The lowest BCUT2D eigenvalue weighted by Gasteiger charge is -2.36. The third kappa shape index (κ3) is 1.99. The summed E-state index contributed by atoms with van der Waals surface area (Å²) in [5.74, 6) is 0. The molecule has 94 valence electrons. The van der Waals surface area contributed by atoms with E-state index in [1.807, 2.05) is 0 Å². The molecule has 0 amide bonds. The topological polar surface area (TPSA) is 27.0 Å². The summed E-state index contributed by atoms with van der Waals surface area (Å²) in [6.07, 6.45) is 7.03. The minimum absolute atomic E-state index is 0.0789. The van der Waals surface area contributed by atoms with Crippen molar-refractivity contribution in [2.45, 2.75) is 38.5 Å². The smallest absolute Gasteiger partial charge is 0.0748 e. The molecule has 3 rings (SSSR count). The molecule has 1 aromatic rings. The number of aryl methyl sites for hydroxylation is 1. The molecule has 0 atom stereocenters. The predicted octanol–water partition coefficient (Wildman–Crippen LogP) is 3.52. The molecular weight excluding hydrogens is 220 g/mol. The number of nitriles is 1. The van der Waals surface area contributed by atoms with E-state index in [9.17, 15) is 5.26 Å². The van der Waals surface area contributed by atoms with Crippen LogP contribution in [0.25, 0.3) is 0 Å². The van der Waals surface area contributed by atoms with Crippen molar-refractivity contribution in [2.24, 2.45) is 5.41 Å². The lowest BCUT2D eigenvalue weighted by Crippen LogP contribution is -2.38. The Morgan fingerprint density at radius 2 is 1.94 bits per heavy atom. The lowest BCUT2D eigenvalue weighted by molar-refractivity contribution is 0.402. The summed E-state index contributed by atoms with van der Waals surface area (Å²) in [7, 11) is 0. The van der Waals surface area contributed by atoms with E-state index >= 15 is 0 Å². The summed E-state index contributed by atoms with van der Waals surface area (Å²) in [4.78, 5) is 2.45. The molecule has 0 aromatic heterocycles. The molecule has 0 bridgehead atoms. The summed E-state index contributed by atoms with van der Waals surface area (Å²) in [6.45, 7) is 2.04. The minimum Gasteiger partial charge on any atom is -0.370 e. The highest BCUT2D eigenvalue weighted by atomic mass is 15.1. The Labute approximate surface area is 109 Å². The van der Waals surface area contributed by atoms with E-state index in [1.54, 1.807) is 0 Å². The predicted molar refractivity (Wildman–Crippen MR) is 73.5 cm³/mol. The molecule has 0 unspecified atom stereocenters. The molecular formula is C16H20N2. The summed E-state index contributed by atoms with van der Waals surface area (Å²) in [5, 5.41) is 9.52. The number of hydrogen-bond acceptors (Lipinski definition) is 2. The molecule has 2 aliphatic rings. The van der Waals surface area contributed by atoms with Gasteiger partial charge < -0.3 is 4.90 Å². The largest absolute Gasteiger partial charge is 0.370 e. The highest BCUT2D eigenvalue weighted by Gasteiger charge is 2.36. The third-order valence-corrected chi connectivity index (χ3v) is 4.50. The highest BCUT2D eigenvalue weighted by Crippen LogP contribution is 2.40. The molecule has 1 saturated carbocycles. The summed E-state index contributed by atoms with van der Waals surface area (Å²) in [5.41, 5.74) is 2.74. The first-order valence-corrected chi connectivity index (χ1v) is 7.07. The second-order valence-corrected chi connectivity index (χ2v) is 5.75. The molecule has 2 nitrogen and oxygen atoms in total. The number of para-hydroxylation sites is 1. The molecule has 1 aromatic carbocycles. The molecule has 0 radical (unpaired) electrons. The second kappa shape index (κ2) is 4.65. The van der Waals surface area contributed by atoms with Gasteiger partial charge in [-0.05, 0) is 37.3 Å². The van der Waals surface area contributed by atoms with Gasteiger partial charge in [0.15, 0.2) is 0 Å². The molecule has 1 aliphatic heterocycles. The van der Waals surface area contributed by atoms with Gasteiger partial charge in [-0.15, -0.1) is 0 Å². The first-order valence-electron chi connectivity index (χ1n) is 7.07. The van der Waals surface area contributed by atoms with Crippen LogP contribution in [0.5, 0.6) is 0 Å². The van der Waals surface area contributed by atoms with Crippen LogP contribution in [0.15, 0.2) is 24.3 Å². The average Bonchev–Trinajstić information content (AvgIpc) is 2.88. The Morgan fingerprint density at radius 1 is 1.17 bits per heavy atom. The van der Waals surface area contributed by atoms with E-state index in [2.05, 4.69) is 35.2 Å². The van der Waals surface area contributed by atoms with E-state index in [1.165, 1.54) is 36.9 Å². The first kappa shape index (κ1) is 11.6. The number of hydrogen-bond donors (Lipinski definition) is 0. The molecule has 2 heteroatoms. The van der Waals surface area contributed by atoms with Crippen molar-refractivity contribution in [1.82, 2.24) is 0 Å². The van der Waals surface area contributed by atoms with Gasteiger partial charge in [0, 0.05) is 18.8 Å². The van der Waals surface area contributed by atoms with Crippen LogP contribution in [0.4, 0.5) is 5.69 Å². The maximum absolute atomic E-state index is 9.52. The van der Waals surface area contributed by atoms with Crippen molar-refractivity contribution < 1.29 is 0 Å². The van der Waals surface area contributed by atoms with Crippen molar-refractivity contribution in [3.05, 3.63) is 29.8 Å². The van der Waals surface area contributed by atoms with E-state index in [0.717, 1.165) is 25.9 Å². The zero-order valence-corrected chi connectivity index (χ0v) is 10.9. The van der Waals surface area contributed by atoms with Crippen molar-refractivity contribution in [1.29, 1.82) is 5.26 Å². The van der Waals surface area contributed by atoms with Gasteiger partial charge in [0.05, 0.1) is 11.5 Å². The van der Waals surface area contributed by atoms with E-state index in [4.69, 9.17) is 0 Å². The van der Waals surface area contributed by atoms with E-state index < -0.39 is 0 Å². The normalized spacial score (nSPS) is 21.4. The zero-order valence-electron chi connectivity index (χ0n) is 10.9. The maximum atomic E-state index is 9.52. The summed E-state index contributed by atoms with van der Waals surface area (Å²) in [6, 6.07) is 11.3. The fourth-order valence-electron chi connectivity index (χ4n) is 3.50. The van der Waals surface area contributed by atoms with E-state index in [-0.39, 0.29) is 5.41 Å². The fraction of sp³-hybridized carbons (Fsp3) is 0.562. The van der Waals surface area contributed by atoms with Crippen LogP contribution < -0.4 is 4.90 Å². The van der Waals surface area contributed by atoms with Gasteiger partial charge in [0.2, 0.25) is 0 Å². The van der Waals surface area contributed by atoms with Gasteiger partial charge in [-0.1, -0.05) is 31.0 Å². The number of anilines is 1. The Bertz CT molecular complexity index is 466. The van der Waals surface area contributed by atoms with Crippen LogP contribution in [0, 0.1) is 16.7 Å². The van der Waals surface area contributed by atoms with Gasteiger partial charge in [-0.25, -0.2) is 0 Å². The van der Waals surface area contributed by atoms with Crippen LogP contribution in [0.3, 0.4) is 0 Å². The minimum atomic E-state index is -0.0789. The number of fused-ring (bicyclic) bond motifs is 1. The Hall–Kier alpha value is -1.49. The van der Waals surface area contributed by atoms with Crippen molar-refractivity contribution >= 4 is 5.69 Å². The zero-order chi connectivity index (χ0) is 12.4. The number of rotatable bonds is 2. The van der Waals surface area contributed by atoms with Gasteiger partial charge in [0.25, 0.3) is 0 Å². The highest BCUT2D eigenvalue weighted by molar-refractivity contribution is 5.55. The van der Waals surface area contributed by atoms with Crippen molar-refractivity contribution in [3.63, 3.8) is 0 Å². The third-order valence-electron chi connectivity index (χ3n) is 4.50. The van der Waals surface area contributed by atoms with Gasteiger partial charge in [0.1, 0.15) is 0 Å². The lowest BCUT2D eigenvalue weighted by atomic mass is 9.86. The summed E-state index contributed by atoms with van der Waals surface area (Å²) < 4.78 is 0. The van der Waals surface area contributed by atoms with Crippen LogP contribution in [0.1, 0.15) is 37.7 Å². The van der Waals surface area contributed by atoms with Crippen LogP contribution >= 0.6 is 0 Å². The summed E-state index contributed by atoms with van der Waals surface area (Å²) >= 11 is 0. The monoisotopic (exact) mass is 240 g/mol. The van der Waals surface area contributed by atoms with Crippen LogP contribution in [-0.2, 0) is 6.42 Å².